The van der Waals surface area contributed by atoms with E-state index in [1.165, 1.54) is 11.8 Å². The Hall–Kier alpha value is -2.09. The molecule has 0 aromatic heterocycles. The van der Waals surface area contributed by atoms with Crippen LogP contribution < -0.4 is 4.90 Å². The zero-order chi connectivity index (χ0) is 13.7. The van der Waals surface area contributed by atoms with Crippen LogP contribution in [0.1, 0.15) is 6.92 Å². The van der Waals surface area contributed by atoms with Crippen LogP contribution in [0.5, 0.6) is 0 Å². The van der Waals surface area contributed by atoms with Crippen LogP contribution in [0.2, 0.25) is 0 Å². The molecule has 5 heteroatoms. The zero-order valence-electron chi connectivity index (χ0n) is 9.86. The van der Waals surface area contributed by atoms with Gasteiger partial charge in [-0.15, -0.1) is 6.42 Å². The van der Waals surface area contributed by atoms with E-state index in [1.807, 2.05) is 0 Å². The van der Waals surface area contributed by atoms with E-state index in [0.29, 0.717) is 0 Å². The Morgan fingerprint density at radius 2 is 2.22 bits per heavy atom. The predicted octanol–water partition coefficient (Wildman–Crippen LogP) is 2.13. The predicted molar refractivity (Wildman–Crippen MR) is 64.2 cm³/mol. The van der Waals surface area contributed by atoms with Crippen LogP contribution in [-0.2, 0) is 4.79 Å². The molecule has 18 heavy (non-hydrogen) atoms. The second kappa shape index (κ2) is 6.01. The SMILES string of the molecule is C#CCN(CC(C)C(=O)O)c1cc(F)ccc1F. The van der Waals surface area contributed by atoms with E-state index < -0.39 is 23.5 Å². The number of carboxylic acid groups (broad SMARTS) is 1. The summed E-state index contributed by atoms with van der Waals surface area (Å²) in [5.74, 6) is -0.689. The van der Waals surface area contributed by atoms with Gasteiger partial charge in [0.2, 0.25) is 0 Å². The molecule has 3 nitrogen and oxygen atoms in total. The van der Waals surface area contributed by atoms with Crippen molar-refractivity contribution in [2.45, 2.75) is 6.92 Å². The van der Waals surface area contributed by atoms with Gasteiger partial charge in [-0.3, -0.25) is 4.79 Å². The summed E-state index contributed by atoms with van der Waals surface area (Å²) >= 11 is 0. The first-order valence-corrected chi connectivity index (χ1v) is 5.32. The van der Waals surface area contributed by atoms with E-state index in [2.05, 4.69) is 5.92 Å². The van der Waals surface area contributed by atoms with Gasteiger partial charge in [0.05, 0.1) is 18.2 Å². The third-order valence-electron chi connectivity index (χ3n) is 2.45. The maximum Gasteiger partial charge on any atom is 0.308 e. The molecule has 0 heterocycles. The van der Waals surface area contributed by atoms with E-state index in [9.17, 15) is 13.6 Å². The molecular weight excluding hydrogens is 240 g/mol. The first-order valence-electron chi connectivity index (χ1n) is 5.32. The van der Waals surface area contributed by atoms with Gasteiger partial charge in [0.1, 0.15) is 11.6 Å². The first-order chi connectivity index (χ1) is 8.45. The van der Waals surface area contributed by atoms with Gasteiger partial charge in [0.25, 0.3) is 0 Å². The summed E-state index contributed by atoms with van der Waals surface area (Å²) in [5.41, 5.74) is -0.0268. The van der Waals surface area contributed by atoms with Crippen molar-refractivity contribution in [2.24, 2.45) is 5.92 Å². The molecule has 0 aliphatic heterocycles. The molecule has 1 aromatic carbocycles. The molecule has 1 atom stereocenters. The van der Waals surface area contributed by atoms with E-state index in [4.69, 9.17) is 11.5 Å². The average Bonchev–Trinajstić information content (AvgIpc) is 2.31. The lowest BCUT2D eigenvalue weighted by atomic mass is 10.1. The van der Waals surface area contributed by atoms with Crippen LogP contribution in [0.3, 0.4) is 0 Å². The fourth-order valence-electron chi connectivity index (χ4n) is 1.50. The van der Waals surface area contributed by atoms with Gasteiger partial charge in [-0.25, -0.2) is 8.78 Å². The van der Waals surface area contributed by atoms with Crippen molar-refractivity contribution in [1.82, 2.24) is 0 Å². The van der Waals surface area contributed by atoms with E-state index in [0.717, 1.165) is 18.2 Å². The van der Waals surface area contributed by atoms with Crippen LogP contribution in [0, 0.1) is 29.9 Å². The van der Waals surface area contributed by atoms with Gasteiger partial charge in [-0.05, 0) is 12.1 Å². The number of nitrogens with zero attached hydrogens (tertiary/aromatic N) is 1. The molecule has 0 saturated carbocycles. The Morgan fingerprint density at radius 3 is 2.78 bits per heavy atom. The lowest BCUT2D eigenvalue weighted by Gasteiger charge is -2.24. The van der Waals surface area contributed by atoms with Gasteiger partial charge in [0.15, 0.2) is 0 Å². The van der Waals surface area contributed by atoms with E-state index in [1.54, 1.807) is 0 Å². The smallest absolute Gasteiger partial charge is 0.308 e. The second-order valence-corrected chi connectivity index (χ2v) is 3.92. The highest BCUT2D eigenvalue weighted by Crippen LogP contribution is 2.21. The number of carboxylic acids is 1. The standard InChI is InChI=1S/C13H13F2NO2/c1-3-6-16(8-9(2)13(17)18)12-7-10(14)4-5-11(12)15/h1,4-5,7,9H,6,8H2,2H3,(H,17,18). The number of hydrogen-bond donors (Lipinski definition) is 1. The minimum Gasteiger partial charge on any atom is -0.481 e. The Kier molecular flexibility index (Phi) is 4.67. The van der Waals surface area contributed by atoms with Crippen LogP contribution in [0.15, 0.2) is 18.2 Å². The molecule has 0 fully saturated rings. The number of rotatable bonds is 5. The molecule has 1 rings (SSSR count). The molecule has 1 unspecified atom stereocenters. The van der Waals surface area contributed by atoms with Crippen LogP contribution in [0.25, 0.3) is 0 Å². The summed E-state index contributed by atoms with van der Waals surface area (Å²) in [6, 6.07) is 2.98. The van der Waals surface area contributed by atoms with E-state index in [-0.39, 0.29) is 18.8 Å². The van der Waals surface area contributed by atoms with Gasteiger partial charge in [-0.1, -0.05) is 12.8 Å². The molecule has 96 valence electrons. The Labute approximate surface area is 104 Å². The first kappa shape index (κ1) is 14.0. The summed E-state index contributed by atoms with van der Waals surface area (Å²) in [4.78, 5) is 12.1. The fraction of sp³-hybridized carbons (Fsp3) is 0.308. The highest BCUT2D eigenvalue weighted by molar-refractivity contribution is 5.70. The maximum absolute atomic E-state index is 13.6. The average molecular weight is 253 g/mol. The van der Waals surface area contributed by atoms with Gasteiger partial charge in [0, 0.05) is 12.6 Å². The van der Waals surface area contributed by atoms with Crippen molar-refractivity contribution in [3.8, 4) is 12.3 Å². The zero-order valence-corrected chi connectivity index (χ0v) is 9.86. The number of hydrogen-bond acceptors (Lipinski definition) is 2. The molecule has 0 aliphatic rings. The minimum absolute atomic E-state index is 0.0119. The van der Waals surface area contributed by atoms with Crippen molar-refractivity contribution in [3.05, 3.63) is 29.8 Å². The maximum atomic E-state index is 13.6. The van der Waals surface area contributed by atoms with Gasteiger partial charge < -0.3 is 10.0 Å². The van der Waals surface area contributed by atoms with E-state index >= 15 is 0 Å². The third kappa shape index (κ3) is 3.45. The Balaban J connectivity index is 3.01. The summed E-state index contributed by atoms with van der Waals surface area (Å²) in [6.45, 7) is 1.50. The van der Waals surface area contributed by atoms with Crippen molar-refractivity contribution in [2.75, 3.05) is 18.0 Å². The molecule has 1 aromatic rings. The molecule has 0 aliphatic carbocycles. The number of carbonyl (C=O) groups is 1. The number of halogens is 2. The lowest BCUT2D eigenvalue weighted by Crippen LogP contribution is -2.32. The highest BCUT2D eigenvalue weighted by Gasteiger charge is 2.18. The summed E-state index contributed by atoms with van der Waals surface area (Å²) < 4.78 is 26.7. The van der Waals surface area contributed by atoms with Crippen LogP contribution in [-0.4, -0.2) is 24.2 Å². The molecular formula is C13H13F2NO2. The van der Waals surface area contributed by atoms with Crippen molar-refractivity contribution >= 4 is 11.7 Å². The van der Waals surface area contributed by atoms with Crippen molar-refractivity contribution in [3.63, 3.8) is 0 Å². The second-order valence-electron chi connectivity index (χ2n) is 3.92. The number of terminal acetylenes is 1. The highest BCUT2D eigenvalue weighted by atomic mass is 19.1. The Bertz CT molecular complexity index is 482. The Morgan fingerprint density at radius 1 is 1.56 bits per heavy atom. The van der Waals surface area contributed by atoms with Crippen molar-refractivity contribution in [1.29, 1.82) is 0 Å². The quantitative estimate of drug-likeness (QED) is 0.817. The normalized spacial score (nSPS) is 11.7. The molecule has 0 spiro atoms. The number of anilines is 1. The van der Waals surface area contributed by atoms with Gasteiger partial charge in [-0.2, -0.15) is 0 Å². The molecule has 0 saturated heterocycles. The molecule has 1 N–H and O–H groups in total. The fourth-order valence-corrected chi connectivity index (χ4v) is 1.50. The lowest BCUT2D eigenvalue weighted by molar-refractivity contribution is -0.140. The van der Waals surface area contributed by atoms with Gasteiger partial charge >= 0.3 is 5.97 Å². The third-order valence-corrected chi connectivity index (χ3v) is 2.45. The van der Waals surface area contributed by atoms with Crippen LogP contribution >= 0.6 is 0 Å². The van der Waals surface area contributed by atoms with Crippen LogP contribution in [0.4, 0.5) is 14.5 Å². The topological polar surface area (TPSA) is 40.5 Å². The summed E-state index contributed by atoms with van der Waals surface area (Å²) in [6.07, 6.45) is 5.15. The van der Waals surface area contributed by atoms with Crippen molar-refractivity contribution < 1.29 is 18.7 Å². The molecule has 0 bridgehead atoms. The molecule has 0 amide bonds. The summed E-state index contributed by atoms with van der Waals surface area (Å²) in [7, 11) is 0. The number of aliphatic carboxylic acids is 1. The monoisotopic (exact) mass is 253 g/mol. The largest absolute Gasteiger partial charge is 0.481 e. The summed E-state index contributed by atoms with van der Waals surface area (Å²) in [5, 5.41) is 8.82. The number of benzene rings is 1. The minimum atomic E-state index is -1.02. The molecule has 0 radical (unpaired) electrons.